The summed E-state index contributed by atoms with van der Waals surface area (Å²) in [6.07, 6.45) is 3.36. The first-order valence-corrected chi connectivity index (χ1v) is 15.3. The smallest absolute Gasteiger partial charge is 0.248 e. The summed E-state index contributed by atoms with van der Waals surface area (Å²) < 4.78 is 13.4. The number of rotatable bonds is 11. The summed E-state index contributed by atoms with van der Waals surface area (Å²) in [4.78, 5) is 45.4. The maximum absolute atomic E-state index is 13.7. The van der Waals surface area contributed by atoms with E-state index in [9.17, 15) is 23.9 Å². The second-order valence-corrected chi connectivity index (χ2v) is 11.7. The number of hydrogen-bond acceptors (Lipinski definition) is 5. The monoisotopic (exact) mass is 580 g/mol. The molecule has 0 radical (unpaired) electrons. The van der Waals surface area contributed by atoms with Crippen LogP contribution in [0.1, 0.15) is 71.8 Å². The predicted octanol–water partition coefficient (Wildman–Crippen LogP) is 4.77. The normalized spacial score (nSPS) is 19.7. The van der Waals surface area contributed by atoms with Crippen molar-refractivity contribution in [1.29, 1.82) is 0 Å². The van der Waals surface area contributed by atoms with Crippen LogP contribution in [0.25, 0.3) is 0 Å². The standard InChI is InChI=1S/C33H45FN4O4/c1-5-8-19-37-31(41)29(30(40)25(6-2)7-3)35-32(42)33(37)17-20-36(21-18-33)22-24-9-13-27(14-10-24)38(23(4)39)28-15-11-26(34)12-16-28/h9-16,25,29-30,40H,5-8,17-22H2,1-4H3,(H,35,42)/t29-,30-/m1/s1. The minimum atomic E-state index is -0.900. The number of piperazine rings is 1. The van der Waals surface area contributed by atoms with E-state index >= 15 is 0 Å². The number of piperidine rings is 1. The van der Waals surface area contributed by atoms with E-state index in [-0.39, 0.29) is 29.5 Å². The zero-order chi connectivity index (χ0) is 30.4. The van der Waals surface area contributed by atoms with Gasteiger partial charge in [-0.1, -0.05) is 52.2 Å². The number of aliphatic hydroxyl groups is 1. The van der Waals surface area contributed by atoms with Crippen LogP contribution in [0.3, 0.4) is 0 Å². The maximum atomic E-state index is 13.7. The number of aliphatic hydroxyl groups excluding tert-OH is 1. The lowest BCUT2D eigenvalue weighted by atomic mass is 9.79. The lowest BCUT2D eigenvalue weighted by Gasteiger charge is -2.52. The molecule has 42 heavy (non-hydrogen) atoms. The summed E-state index contributed by atoms with van der Waals surface area (Å²) in [5, 5.41) is 13.9. The number of nitrogens with one attached hydrogen (secondary N) is 1. The van der Waals surface area contributed by atoms with Crippen LogP contribution < -0.4 is 10.2 Å². The Labute approximate surface area is 248 Å². The van der Waals surface area contributed by atoms with Gasteiger partial charge in [-0.3, -0.25) is 24.2 Å². The number of likely N-dealkylation sites (tertiary alicyclic amines) is 1. The number of nitrogens with zero attached hydrogens (tertiary/aromatic N) is 3. The average molecular weight is 581 g/mol. The minimum Gasteiger partial charge on any atom is -0.390 e. The summed E-state index contributed by atoms with van der Waals surface area (Å²) in [6.45, 7) is 10.0. The Hall–Kier alpha value is -3.30. The number of unbranched alkanes of at least 4 members (excludes halogenated alkanes) is 1. The molecule has 0 aromatic heterocycles. The van der Waals surface area contributed by atoms with Crippen molar-refractivity contribution in [1.82, 2.24) is 15.1 Å². The molecule has 2 fully saturated rings. The lowest BCUT2D eigenvalue weighted by molar-refractivity contribution is -0.165. The van der Waals surface area contributed by atoms with Crippen LogP contribution in [0, 0.1) is 11.7 Å². The van der Waals surface area contributed by atoms with E-state index in [1.165, 1.54) is 19.1 Å². The molecule has 0 saturated carbocycles. The van der Waals surface area contributed by atoms with Gasteiger partial charge < -0.3 is 15.3 Å². The van der Waals surface area contributed by atoms with E-state index in [2.05, 4.69) is 17.1 Å². The summed E-state index contributed by atoms with van der Waals surface area (Å²) in [5.41, 5.74) is 1.47. The van der Waals surface area contributed by atoms with Gasteiger partial charge in [0, 0.05) is 44.5 Å². The number of benzene rings is 2. The molecule has 4 rings (SSSR count). The molecular weight excluding hydrogens is 535 g/mol. The van der Waals surface area contributed by atoms with Gasteiger partial charge in [0.25, 0.3) is 0 Å². The molecule has 2 aliphatic rings. The topological polar surface area (TPSA) is 93.2 Å². The third-order valence-corrected chi connectivity index (χ3v) is 9.05. The Balaban J connectivity index is 1.44. The molecule has 3 amide bonds. The average Bonchev–Trinajstić information content (AvgIpc) is 2.98. The number of halogens is 1. The third kappa shape index (κ3) is 6.52. The van der Waals surface area contributed by atoms with Crippen LogP contribution >= 0.6 is 0 Å². The van der Waals surface area contributed by atoms with Crippen molar-refractivity contribution in [2.24, 2.45) is 5.92 Å². The SMILES string of the molecule is CCCCN1C(=O)[C@@H]([C@H](O)C(CC)CC)NC(=O)C12CCN(Cc1ccc(N(C(C)=O)c3ccc(F)cc3)cc1)CC2. The molecule has 2 atom stereocenters. The van der Waals surface area contributed by atoms with E-state index in [4.69, 9.17) is 0 Å². The largest absolute Gasteiger partial charge is 0.390 e. The van der Waals surface area contributed by atoms with Crippen molar-refractivity contribution >= 4 is 29.1 Å². The minimum absolute atomic E-state index is 0.0484. The van der Waals surface area contributed by atoms with Crippen LogP contribution in [0.15, 0.2) is 48.5 Å². The molecule has 2 aromatic rings. The molecule has 228 valence electrons. The van der Waals surface area contributed by atoms with Gasteiger partial charge >= 0.3 is 0 Å². The van der Waals surface area contributed by atoms with Gasteiger partial charge in [0.15, 0.2) is 0 Å². The van der Waals surface area contributed by atoms with Gasteiger partial charge in [-0.2, -0.15) is 0 Å². The second kappa shape index (κ2) is 13.8. The fraction of sp³-hybridized carbons (Fsp3) is 0.545. The molecular formula is C33H45FN4O4. The summed E-state index contributed by atoms with van der Waals surface area (Å²) in [6, 6.07) is 12.7. The van der Waals surface area contributed by atoms with Crippen LogP contribution in [0.2, 0.25) is 0 Å². The van der Waals surface area contributed by atoms with Crippen molar-refractivity contribution in [3.8, 4) is 0 Å². The molecule has 2 aliphatic heterocycles. The summed E-state index contributed by atoms with van der Waals surface area (Å²) in [5.74, 6) is -0.889. The summed E-state index contributed by atoms with van der Waals surface area (Å²) >= 11 is 0. The first-order chi connectivity index (χ1) is 20.1. The number of carbonyl (C=O) groups excluding carboxylic acids is 3. The molecule has 2 saturated heterocycles. The van der Waals surface area contributed by atoms with E-state index in [1.807, 2.05) is 38.1 Å². The van der Waals surface area contributed by atoms with Gasteiger partial charge in [0.05, 0.1) is 6.10 Å². The van der Waals surface area contributed by atoms with Gasteiger partial charge in [0.1, 0.15) is 17.4 Å². The van der Waals surface area contributed by atoms with Gasteiger partial charge in [-0.05, 0) is 67.1 Å². The molecule has 8 nitrogen and oxygen atoms in total. The molecule has 0 unspecified atom stereocenters. The van der Waals surface area contributed by atoms with E-state index in [0.29, 0.717) is 50.4 Å². The third-order valence-electron chi connectivity index (χ3n) is 9.05. The molecule has 0 bridgehead atoms. The van der Waals surface area contributed by atoms with E-state index < -0.39 is 17.7 Å². The molecule has 9 heteroatoms. The highest BCUT2D eigenvalue weighted by Gasteiger charge is 2.55. The highest BCUT2D eigenvalue weighted by atomic mass is 19.1. The highest BCUT2D eigenvalue weighted by Crippen LogP contribution is 2.35. The van der Waals surface area contributed by atoms with Crippen molar-refractivity contribution in [2.45, 2.75) is 90.4 Å². The first kappa shape index (κ1) is 31.6. The predicted molar refractivity (Wildman–Crippen MR) is 162 cm³/mol. The maximum Gasteiger partial charge on any atom is 0.248 e. The van der Waals surface area contributed by atoms with Crippen molar-refractivity contribution in [2.75, 3.05) is 24.5 Å². The van der Waals surface area contributed by atoms with Crippen molar-refractivity contribution < 1.29 is 23.9 Å². The zero-order valence-corrected chi connectivity index (χ0v) is 25.3. The fourth-order valence-electron chi connectivity index (χ4n) is 6.44. The number of carbonyl (C=O) groups is 3. The quantitative estimate of drug-likeness (QED) is 0.400. The molecule has 2 aromatic carbocycles. The highest BCUT2D eigenvalue weighted by molar-refractivity contribution is 6.00. The molecule has 2 heterocycles. The Bertz CT molecular complexity index is 1220. The summed E-state index contributed by atoms with van der Waals surface area (Å²) in [7, 11) is 0. The molecule has 1 spiro atoms. The molecule has 2 N–H and O–H groups in total. The number of hydrogen-bond donors (Lipinski definition) is 2. The number of anilines is 2. The Morgan fingerprint density at radius 2 is 1.60 bits per heavy atom. The van der Waals surface area contributed by atoms with Crippen LogP contribution in [0.4, 0.5) is 15.8 Å². The van der Waals surface area contributed by atoms with Crippen molar-refractivity contribution in [3.63, 3.8) is 0 Å². The van der Waals surface area contributed by atoms with Crippen molar-refractivity contribution in [3.05, 3.63) is 59.9 Å². The zero-order valence-electron chi connectivity index (χ0n) is 25.3. The fourth-order valence-corrected chi connectivity index (χ4v) is 6.44. The van der Waals surface area contributed by atoms with E-state index in [0.717, 1.165) is 31.2 Å². The lowest BCUT2D eigenvalue weighted by Crippen LogP contribution is -2.75. The Morgan fingerprint density at radius 3 is 2.12 bits per heavy atom. The van der Waals surface area contributed by atoms with Crippen LogP contribution in [0.5, 0.6) is 0 Å². The molecule has 0 aliphatic carbocycles. The van der Waals surface area contributed by atoms with Gasteiger partial charge in [-0.25, -0.2) is 4.39 Å². The Morgan fingerprint density at radius 1 is 1.02 bits per heavy atom. The first-order valence-electron chi connectivity index (χ1n) is 15.3. The van der Waals surface area contributed by atoms with E-state index in [1.54, 1.807) is 21.9 Å². The van der Waals surface area contributed by atoms with Crippen LogP contribution in [-0.2, 0) is 20.9 Å². The number of amides is 3. The van der Waals surface area contributed by atoms with Crippen LogP contribution in [-0.4, -0.2) is 69.9 Å². The van der Waals surface area contributed by atoms with Gasteiger partial charge in [-0.15, -0.1) is 0 Å². The van der Waals surface area contributed by atoms with Gasteiger partial charge in [0.2, 0.25) is 17.7 Å². The second-order valence-electron chi connectivity index (χ2n) is 11.7. The Kier molecular flexibility index (Phi) is 10.4.